The summed E-state index contributed by atoms with van der Waals surface area (Å²) < 4.78 is 1.69. The summed E-state index contributed by atoms with van der Waals surface area (Å²) in [5.74, 6) is -0.305. The number of aromatic nitrogens is 4. The van der Waals surface area contributed by atoms with Crippen LogP contribution in [0.5, 0.6) is 0 Å². The van der Waals surface area contributed by atoms with E-state index in [0.717, 1.165) is 29.2 Å². The summed E-state index contributed by atoms with van der Waals surface area (Å²) in [7, 11) is 0. The van der Waals surface area contributed by atoms with Crippen molar-refractivity contribution in [2.45, 2.75) is 45.1 Å². The minimum atomic E-state index is -1.00. The van der Waals surface area contributed by atoms with E-state index in [1.807, 2.05) is 5.38 Å². The van der Waals surface area contributed by atoms with Crippen LogP contribution in [0.2, 0.25) is 0 Å². The number of carboxylic acid groups (broad SMARTS) is 1. The van der Waals surface area contributed by atoms with Crippen molar-refractivity contribution in [3.63, 3.8) is 0 Å². The average Bonchev–Trinajstić information content (AvgIpc) is 2.97. The Labute approximate surface area is 120 Å². The second-order valence-electron chi connectivity index (χ2n) is 5.39. The molecule has 7 heteroatoms. The van der Waals surface area contributed by atoms with Gasteiger partial charge >= 0.3 is 5.97 Å². The van der Waals surface area contributed by atoms with Crippen molar-refractivity contribution in [3.05, 3.63) is 27.5 Å². The molecule has 2 heterocycles. The molecule has 0 aromatic carbocycles. The first-order chi connectivity index (χ1) is 9.56. The van der Waals surface area contributed by atoms with E-state index in [1.54, 1.807) is 16.0 Å². The fourth-order valence-corrected chi connectivity index (χ4v) is 2.99. The predicted octanol–water partition coefficient (Wildman–Crippen LogP) is 2.48. The highest BCUT2D eigenvalue weighted by Crippen LogP contribution is 2.41. The van der Waals surface area contributed by atoms with E-state index in [9.17, 15) is 4.79 Å². The maximum Gasteiger partial charge on any atom is 0.358 e. The molecule has 0 radical (unpaired) electrons. The Morgan fingerprint density at radius 1 is 1.55 bits per heavy atom. The summed E-state index contributed by atoms with van der Waals surface area (Å²) in [5, 5.41) is 20.1. The Morgan fingerprint density at radius 2 is 2.30 bits per heavy atom. The van der Waals surface area contributed by atoms with Gasteiger partial charge in [0.2, 0.25) is 0 Å². The molecule has 0 unspecified atom stereocenters. The van der Waals surface area contributed by atoms with E-state index in [1.165, 1.54) is 0 Å². The summed E-state index contributed by atoms with van der Waals surface area (Å²) in [4.78, 5) is 15.7. The number of carbonyl (C=O) groups is 1. The van der Waals surface area contributed by atoms with Crippen LogP contribution in [-0.4, -0.2) is 31.1 Å². The number of nitrogens with zero attached hydrogens (tertiary/aromatic N) is 4. The highest BCUT2D eigenvalue weighted by molar-refractivity contribution is 7.09. The zero-order valence-corrected chi connectivity index (χ0v) is 12.2. The van der Waals surface area contributed by atoms with Gasteiger partial charge in [0.25, 0.3) is 0 Å². The molecule has 0 saturated heterocycles. The normalized spacial score (nSPS) is 14.9. The Kier molecular flexibility index (Phi) is 3.29. The summed E-state index contributed by atoms with van der Waals surface area (Å²) in [5.41, 5.74) is 1.76. The molecular formula is C13H16N4O2S. The van der Waals surface area contributed by atoms with E-state index in [2.05, 4.69) is 29.1 Å². The van der Waals surface area contributed by atoms with Gasteiger partial charge in [0.1, 0.15) is 0 Å². The van der Waals surface area contributed by atoms with E-state index in [-0.39, 0.29) is 5.69 Å². The van der Waals surface area contributed by atoms with E-state index in [4.69, 9.17) is 5.11 Å². The van der Waals surface area contributed by atoms with Gasteiger partial charge in [-0.05, 0) is 12.8 Å². The molecule has 6 nitrogen and oxygen atoms in total. The fraction of sp³-hybridized carbons (Fsp3) is 0.538. The molecule has 2 aromatic rings. The number of carboxylic acids is 1. The van der Waals surface area contributed by atoms with Crippen molar-refractivity contribution >= 4 is 17.3 Å². The molecule has 1 saturated carbocycles. The second kappa shape index (κ2) is 4.97. The third-order valence-corrected chi connectivity index (χ3v) is 4.51. The predicted molar refractivity (Wildman–Crippen MR) is 74.3 cm³/mol. The van der Waals surface area contributed by atoms with Crippen LogP contribution in [0.1, 0.15) is 65.4 Å². The van der Waals surface area contributed by atoms with Crippen LogP contribution >= 0.6 is 11.3 Å². The van der Waals surface area contributed by atoms with Crippen molar-refractivity contribution in [3.8, 4) is 0 Å². The molecule has 1 fully saturated rings. The van der Waals surface area contributed by atoms with Crippen LogP contribution < -0.4 is 0 Å². The molecule has 0 spiro atoms. The first-order valence-electron chi connectivity index (χ1n) is 6.67. The van der Waals surface area contributed by atoms with Crippen molar-refractivity contribution in [2.75, 3.05) is 0 Å². The lowest BCUT2D eigenvalue weighted by atomic mass is 10.2. The number of rotatable bonds is 5. The molecule has 1 aliphatic carbocycles. The first-order valence-corrected chi connectivity index (χ1v) is 7.55. The molecule has 1 N–H and O–H groups in total. The van der Waals surface area contributed by atoms with Crippen molar-refractivity contribution in [2.24, 2.45) is 0 Å². The van der Waals surface area contributed by atoms with Crippen LogP contribution in [-0.2, 0) is 6.54 Å². The standard InChI is InChI=1S/C13H16N4O2S/c1-7(2)12-14-9(6-20-12)5-17-11(8-3-4-8)10(13(18)19)15-16-17/h6-8H,3-5H2,1-2H3,(H,18,19). The Morgan fingerprint density at radius 3 is 2.85 bits per heavy atom. The number of hydrogen-bond donors (Lipinski definition) is 1. The molecule has 3 rings (SSSR count). The summed E-state index contributed by atoms with van der Waals surface area (Å²) in [6, 6.07) is 0. The Bertz CT molecular complexity index is 643. The molecule has 2 aromatic heterocycles. The lowest BCUT2D eigenvalue weighted by Gasteiger charge is -2.04. The third kappa shape index (κ3) is 2.45. The van der Waals surface area contributed by atoms with Gasteiger partial charge in [-0.3, -0.25) is 0 Å². The van der Waals surface area contributed by atoms with Crippen molar-refractivity contribution in [1.82, 2.24) is 20.0 Å². The van der Waals surface area contributed by atoms with Crippen LogP contribution in [0.15, 0.2) is 5.38 Å². The van der Waals surface area contributed by atoms with E-state index in [0.29, 0.717) is 18.4 Å². The summed E-state index contributed by atoms with van der Waals surface area (Å²) >= 11 is 1.63. The van der Waals surface area contributed by atoms with Crippen LogP contribution in [0, 0.1) is 0 Å². The van der Waals surface area contributed by atoms with Gasteiger partial charge in [-0.2, -0.15) is 0 Å². The molecular weight excluding hydrogens is 276 g/mol. The minimum Gasteiger partial charge on any atom is -0.476 e. The second-order valence-corrected chi connectivity index (χ2v) is 6.28. The maximum atomic E-state index is 11.2. The van der Waals surface area contributed by atoms with Gasteiger partial charge in [0.15, 0.2) is 5.69 Å². The third-order valence-electron chi connectivity index (χ3n) is 3.32. The zero-order chi connectivity index (χ0) is 14.3. The lowest BCUT2D eigenvalue weighted by Crippen LogP contribution is -2.09. The maximum absolute atomic E-state index is 11.2. The molecule has 0 aliphatic heterocycles. The SMILES string of the molecule is CC(C)c1nc(Cn2nnc(C(=O)O)c2C2CC2)cs1. The highest BCUT2D eigenvalue weighted by Gasteiger charge is 2.33. The monoisotopic (exact) mass is 292 g/mol. The molecule has 1 aliphatic rings. The van der Waals surface area contributed by atoms with Crippen molar-refractivity contribution < 1.29 is 9.90 Å². The smallest absolute Gasteiger partial charge is 0.358 e. The number of hydrogen-bond acceptors (Lipinski definition) is 5. The lowest BCUT2D eigenvalue weighted by molar-refractivity contribution is 0.0689. The van der Waals surface area contributed by atoms with Gasteiger partial charge in [-0.1, -0.05) is 19.1 Å². The van der Waals surface area contributed by atoms with Gasteiger partial charge in [-0.25, -0.2) is 14.5 Å². The highest BCUT2D eigenvalue weighted by atomic mass is 32.1. The Hall–Kier alpha value is -1.76. The first kappa shape index (κ1) is 13.2. The van der Waals surface area contributed by atoms with Crippen LogP contribution in [0.25, 0.3) is 0 Å². The van der Waals surface area contributed by atoms with Gasteiger partial charge in [0, 0.05) is 17.2 Å². The molecule has 106 valence electrons. The van der Waals surface area contributed by atoms with Gasteiger partial charge in [-0.15, -0.1) is 16.4 Å². The molecule has 20 heavy (non-hydrogen) atoms. The summed E-state index contributed by atoms with van der Waals surface area (Å²) in [6.07, 6.45) is 2.03. The quantitative estimate of drug-likeness (QED) is 0.915. The van der Waals surface area contributed by atoms with E-state index >= 15 is 0 Å². The number of thiazole rings is 1. The summed E-state index contributed by atoms with van der Waals surface area (Å²) in [6.45, 7) is 4.71. The van der Waals surface area contributed by atoms with Gasteiger partial charge in [0.05, 0.1) is 22.9 Å². The molecule has 0 bridgehead atoms. The van der Waals surface area contributed by atoms with Crippen LogP contribution in [0.3, 0.4) is 0 Å². The fourth-order valence-electron chi connectivity index (χ4n) is 2.16. The zero-order valence-electron chi connectivity index (χ0n) is 11.4. The topological polar surface area (TPSA) is 80.9 Å². The van der Waals surface area contributed by atoms with Crippen molar-refractivity contribution in [1.29, 1.82) is 0 Å². The van der Waals surface area contributed by atoms with Gasteiger partial charge < -0.3 is 5.11 Å². The largest absolute Gasteiger partial charge is 0.476 e. The minimum absolute atomic E-state index is 0.0896. The molecule has 0 amide bonds. The molecule has 0 atom stereocenters. The average molecular weight is 292 g/mol. The Balaban J connectivity index is 1.88. The van der Waals surface area contributed by atoms with Crippen LogP contribution in [0.4, 0.5) is 0 Å². The number of aromatic carboxylic acids is 1. The van der Waals surface area contributed by atoms with E-state index < -0.39 is 5.97 Å².